The van der Waals surface area contributed by atoms with E-state index in [0.717, 1.165) is 31.7 Å². The summed E-state index contributed by atoms with van der Waals surface area (Å²) in [7, 11) is 0. The van der Waals surface area contributed by atoms with Gasteiger partial charge in [-0.05, 0) is 42.7 Å². The lowest BCUT2D eigenvalue weighted by molar-refractivity contribution is 0.343. The molecule has 0 spiro atoms. The van der Waals surface area contributed by atoms with Crippen LogP contribution in [0.3, 0.4) is 0 Å². The van der Waals surface area contributed by atoms with Crippen LogP contribution in [0.1, 0.15) is 17.5 Å². The maximum absolute atomic E-state index is 5.75. The lowest BCUT2D eigenvalue weighted by Gasteiger charge is -2.18. The van der Waals surface area contributed by atoms with Gasteiger partial charge >= 0.3 is 0 Å². The van der Waals surface area contributed by atoms with Gasteiger partial charge in [0.05, 0.1) is 0 Å². The molecule has 0 saturated carbocycles. The molecule has 0 aromatic heterocycles. The van der Waals surface area contributed by atoms with Crippen molar-refractivity contribution in [1.82, 2.24) is 5.32 Å². The zero-order chi connectivity index (χ0) is 14.3. The van der Waals surface area contributed by atoms with Gasteiger partial charge in [0.1, 0.15) is 12.4 Å². The van der Waals surface area contributed by atoms with Crippen molar-refractivity contribution >= 4 is 6.08 Å². The van der Waals surface area contributed by atoms with E-state index < -0.39 is 0 Å². The molecular formula is C19H21NO. The van der Waals surface area contributed by atoms with Gasteiger partial charge in [-0.25, -0.2) is 0 Å². The summed E-state index contributed by atoms with van der Waals surface area (Å²) in [6, 6.07) is 18.8. The molecule has 0 radical (unpaired) electrons. The summed E-state index contributed by atoms with van der Waals surface area (Å²) < 4.78 is 5.75. The fourth-order valence-electron chi connectivity index (χ4n) is 2.58. The SMILES string of the molecule is C1=C(CNCCCc2ccccc2)COc2ccccc21. The molecule has 1 N–H and O–H groups in total. The van der Waals surface area contributed by atoms with Crippen molar-refractivity contribution in [3.63, 3.8) is 0 Å². The van der Waals surface area contributed by atoms with Gasteiger partial charge in [-0.2, -0.15) is 0 Å². The van der Waals surface area contributed by atoms with Crippen molar-refractivity contribution in [2.75, 3.05) is 19.7 Å². The molecule has 2 heteroatoms. The van der Waals surface area contributed by atoms with Crippen LogP contribution in [0.25, 0.3) is 6.08 Å². The Balaban J connectivity index is 1.41. The molecule has 0 bridgehead atoms. The Morgan fingerprint density at radius 1 is 0.952 bits per heavy atom. The van der Waals surface area contributed by atoms with E-state index in [4.69, 9.17) is 4.74 Å². The van der Waals surface area contributed by atoms with Gasteiger partial charge in [0.15, 0.2) is 0 Å². The third-order valence-corrected chi connectivity index (χ3v) is 3.71. The average Bonchev–Trinajstić information content (AvgIpc) is 2.55. The van der Waals surface area contributed by atoms with Crippen molar-refractivity contribution in [1.29, 1.82) is 0 Å². The fraction of sp³-hybridized carbons (Fsp3) is 0.263. The first-order chi connectivity index (χ1) is 10.4. The summed E-state index contributed by atoms with van der Waals surface area (Å²) in [4.78, 5) is 0. The van der Waals surface area contributed by atoms with Crippen molar-refractivity contribution in [2.45, 2.75) is 12.8 Å². The summed E-state index contributed by atoms with van der Waals surface area (Å²) in [5.41, 5.74) is 3.91. The van der Waals surface area contributed by atoms with Crippen LogP contribution in [0.2, 0.25) is 0 Å². The first-order valence-corrected chi connectivity index (χ1v) is 7.58. The molecule has 1 aliphatic rings. The number of fused-ring (bicyclic) bond motifs is 1. The zero-order valence-electron chi connectivity index (χ0n) is 12.2. The highest BCUT2D eigenvalue weighted by Gasteiger charge is 2.09. The van der Waals surface area contributed by atoms with E-state index in [0.29, 0.717) is 6.61 Å². The van der Waals surface area contributed by atoms with Crippen LogP contribution >= 0.6 is 0 Å². The van der Waals surface area contributed by atoms with Crippen LogP contribution in [-0.4, -0.2) is 19.7 Å². The van der Waals surface area contributed by atoms with Gasteiger partial charge in [0, 0.05) is 12.1 Å². The van der Waals surface area contributed by atoms with Crippen LogP contribution in [0, 0.1) is 0 Å². The summed E-state index contributed by atoms with van der Waals surface area (Å²) >= 11 is 0. The molecule has 2 nitrogen and oxygen atoms in total. The third kappa shape index (κ3) is 3.96. The Hall–Kier alpha value is -2.06. The van der Waals surface area contributed by atoms with Gasteiger partial charge in [-0.15, -0.1) is 0 Å². The number of aryl methyl sites for hydroxylation is 1. The van der Waals surface area contributed by atoms with Gasteiger partial charge in [-0.3, -0.25) is 0 Å². The zero-order valence-corrected chi connectivity index (χ0v) is 12.2. The fourth-order valence-corrected chi connectivity index (χ4v) is 2.58. The molecule has 3 rings (SSSR count). The number of para-hydroxylation sites is 1. The van der Waals surface area contributed by atoms with Gasteiger partial charge < -0.3 is 10.1 Å². The topological polar surface area (TPSA) is 21.3 Å². The average molecular weight is 279 g/mol. The lowest BCUT2D eigenvalue weighted by Crippen LogP contribution is -2.22. The van der Waals surface area contributed by atoms with E-state index in [-0.39, 0.29) is 0 Å². The first kappa shape index (κ1) is 13.9. The smallest absolute Gasteiger partial charge is 0.127 e. The maximum Gasteiger partial charge on any atom is 0.127 e. The molecule has 0 aliphatic carbocycles. The number of rotatable bonds is 6. The van der Waals surface area contributed by atoms with E-state index in [1.165, 1.54) is 16.7 Å². The van der Waals surface area contributed by atoms with E-state index in [9.17, 15) is 0 Å². The molecule has 0 fully saturated rings. The molecule has 0 amide bonds. The normalized spacial score (nSPS) is 13.2. The molecule has 0 unspecified atom stereocenters. The Bertz CT molecular complexity index is 604. The van der Waals surface area contributed by atoms with Crippen LogP contribution in [0.4, 0.5) is 0 Å². The predicted octanol–water partition coefficient (Wildman–Crippen LogP) is 3.68. The number of hydrogen-bond donors (Lipinski definition) is 1. The van der Waals surface area contributed by atoms with Crippen LogP contribution in [-0.2, 0) is 6.42 Å². The number of benzene rings is 2. The quantitative estimate of drug-likeness (QED) is 0.814. The Kier molecular flexibility index (Phi) is 4.70. The summed E-state index contributed by atoms with van der Waals surface area (Å²) in [6.07, 6.45) is 4.53. The molecule has 2 aromatic rings. The monoisotopic (exact) mass is 279 g/mol. The number of nitrogens with one attached hydrogen (secondary N) is 1. The first-order valence-electron chi connectivity index (χ1n) is 7.58. The minimum absolute atomic E-state index is 0.697. The van der Waals surface area contributed by atoms with Crippen LogP contribution in [0.15, 0.2) is 60.2 Å². The minimum atomic E-state index is 0.697. The second kappa shape index (κ2) is 7.09. The summed E-state index contributed by atoms with van der Waals surface area (Å²) in [6.45, 7) is 2.64. The van der Waals surface area contributed by atoms with E-state index >= 15 is 0 Å². The Morgan fingerprint density at radius 3 is 2.67 bits per heavy atom. The minimum Gasteiger partial charge on any atom is -0.489 e. The summed E-state index contributed by atoms with van der Waals surface area (Å²) in [5, 5.41) is 3.51. The van der Waals surface area contributed by atoms with Crippen molar-refractivity contribution in [3.05, 3.63) is 71.3 Å². The van der Waals surface area contributed by atoms with Crippen molar-refractivity contribution in [2.24, 2.45) is 0 Å². The van der Waals surface area contributed by atoms with Gasteiger partial charge in [0.2, 0.25) is 0 Å². The van der Waals surface area contributed by atoms with Gasteiger partial charge in [-0.1, -0.05) is 48.5 Å². The molecular weight excluding hydrogens is 258 g/mol. The molecule has 1 heterocycles. The number of hydrogen-bond acceptors (Lipinski definition) is 2. The van der Waals surface area contributed by atoms with Crippen LogP contribution in [0.5, 0.6) is 5.75 Å². The highest BCUT2D eigenvalue weighted by atomic mass is 16.5. The van der Waals surface area contributed by atoms with Crippen molar-refractivity contribution in [3.8, 4) is 5.75 Å². The molecule has 1 aliphatic heterocycles. The van der Waals surface area contributed by atoms with Crippen molar-refractivity contribution < 1.29 is 4.74 Å². The Labute approximate surface area is 126 Å². The molecule has 2 aromatic carbocycles. The highest BCUT2D eigenvalue weighted by Crippen LogP contribution is 2.25. The molecule has 0 atom stereocenters. The largest absolute Gasteiger partial charge is 0.489 e. The maximum atomic E-state index is 5.75. The van der Waals surface area contributed by atoms with Crippen LogP contribution < -0.4 is 10.1 Å². The predicted molar refractivity (Wildman–Crippen MR) is 87.5 cm³/mol. The molecule has 0 saturated heterocycles. The Morgan fingerprint density at radius 2 is 1.76 bits per heavy atom. The van der Waals surface area contributed by atoms with E-state index in [1.54, 1.807) is 0 Å². The second-order valence-corrected chi connectivity index (χ2v) is 5.40. The van der Waals surface area contributed by atoms with E-state index in [2.05, 4.69) is 53.9 Å². The van der Waals surface area contributed by atoms with E-state index in [1.807, 2.05) is 12.1 Å². The second-order valence-electron chi connectivity index (χ2n) is 5.40. The molecule has 108 valence electrons. The third-order valence-electron chi connectivity index (χ3n) is 3.71. The summed E-state index contributed by atoms with van der Waals surface area (Å²) in [5.74, 6) is 0.991. The molecule has 21 heavy (non-hydrogen) atoms. The standard InChI is InChI=1S/C19H21NO/c1-2-7-16(8-3-1)9-6-12-20-14-17-13-18-10-4-5-11-19(18)21-15-17/h1-5,7-8,10-11,13,20H,6,9,12,14-15H2. The highest BCUT2D eigenvalue weighted by molar-refractivity contribution is 5.62. The van der Waals surface area contributed by atoms with Gasteiger partial charge in [0.25, 0.3) is 0 Å². The lowest BCUT2D eigenvalue weighted by atomic mass is 10.1. The number of ether oxygens (including phenoxy) is 1.